The molecular formula is C42H53N. The third-order valence-corrected chi connectivity index (χ3v) is 9.83. The maximum absolute atomic E-state index is 5.00. The van der Waals surface area contributed by atoms with E-state index in [4.69, 9.17) is 4.98 Å². The minimum atomic E-state index is 0.129. The van der Waals surface area contributed by atoms with E-state index in [1.165, 1.54) is 124 Å². The first kappa shape index (κ1) is 31.2. The van der Waals surface area contributed by atoms with E-state index in [2.05, 4.69) is 105 Å². The molecule has 1 aromatic heterocycles. The molecule has 4 aromatic rings. The minimum Gasteiger partial charge on any atom is -0.256 e. The smallest absolute Gasteiger partial charge is 0.0702 e. The topological polar surface area (TPSA) is 12.9 Å². The Balaban J connectivity index is 1.28. The van der Waals surface area contributed by atoms with Gasteiger partial charge in [-0.1, -0.05) is 151 Å². The second-order valence-electron chi connectivity index (χ2n) is 13.0. The molecule has 0 spiro atoms. The first-order chi connectivity index (χ1) is 21.2. The van der Waals surface area contributed by atoms with Gasteiger partial charge in [0.25, 0.3) is 0 Å². The molecule has 1 aliphatic rings. The lowest BCUT2D eigenvalue weighted by Crippen LogP contribution is -2.25. The van der Waals surface area contributed by atoms with E-state index in [0.717, 1.165) is 12.1 Å². The van der Waals surface area contributed by atoms with Gasteiger partial charge in [0, 0.05) is 17.2 Å². The van der Waals surface area contributed by atoms with Gasteiger partial charge in [0.05, 0.1) is 5.69 Å². The fourth-order valence-corrected chi connectivity index (χ4v) is 7.39. The van der Waals surface area contributed by atoms with Gasteiger partial charge in [0.15, 0.2) is 0 Å². The zero-order valence-corrected chi connectivity index (χ0v) is 26.9. The molecule has 3 aromatic carbocycles. The van der Waals surface area contributed by atoms with Crippen molar-refractivity contribution in [1.29, 1.82) is 0 Å². The molecule has 1 heterocycles. The SMILES string of the molecule is CCCCCCC1(CCCCCC)c2ccccc2-c2ccc(-c3ccc(CCCCCCc4ccccc4)cn3)cc21. The second-order valence-corrected chi connectivity index (χ2v) is 13.0. The summed E-state index contributed by atoms with van der Waals surface area (Å²) in [6.07, 6.45) is 22.6. The molecular weight excluding hydrogens is 518 g/mol. The number of pyridine rings is 1. The Morgan fingerprint density at radius 3 is 1.81 bits per heavy atom. The lowest BCUT2D eigenvalue weighted by Gasteiger charge is -2.33. The molecule has 226 valence electrons. The molecule has 0 N–H and O–H groups in total. The average molecular weight is 572 g/mol. The van der Waals surface area contributed by atoms with Crippen LogP contribution in [0.25, 0.3) is 22.4 Å². The molecule has 0 saturated heterocycles. The van der Waals surface area contributed by atoms with Crippen LogP contribution < -0.4 is 0 Å². The fraction of sp³-hybridized carbons (Fsp3) is 0.452. The van der Waals surface area contributed by atoms with Crippen molar-refractivity contribution in [2.24, 2.45) is 0 Å². The molecule has 0 radical (unpaired) electrons. The normalized spacial score (nSPS) is 13.2. The summed E-state index contributed by atoms with van der Waals surface area (Å²) in [4.78, 5) is 5.00. The molecule has 0 bridgehead atoms. The molecule has 1 nitrogen and oxygen atoms in total. The first-order valence-electron chi connectivity index (χ1n) is 17.5. The van der Waals surface area contributed by atoms with Gasteiger partial charge >= 0.3 is 0 Å². The molecule has 5 rings (SSSR count). The van der Waals surface area contributed by atoms with Crippen LogP contribution in [-0.4, -0.2) is 4.98 Å². The van der Waals surface area contributed by atoms with Gasteiger partial charge in [-0.05, 0) is 84.0 Å². The van der Waals surface area contributed by atoms with Crippen LogP contribution in [-0.2, 0) is 18.3 Å². The lowest BCUT2D eigenvalue weighted by atomic mass is 9.70. The van der Waals surface area contributed by atoms with Gasteiger partial charge in [-0.2, -0.15) is 0 Å². The summed E-state index contributed by atoms with van der Waals surface area (Å²) in [7, 11) is 0. The van der Waals surface area contributed by atoms with Crippen LogP contribution >= 0.6 is 0 Å². The zero-order valence-electron chi connectivity index (χ0n) is 26.9. The number of nitrogens with zero attached hydrogens (tertiary/aromatic N) is 1. The van der Waals surface area contributed by atoms with Crippen LogP contribution in [0.4, 0.5) is 0 Å². The molecule has 1 aliphatic carbocycles. The monoisotopic (exact) mass is 571 g/mol. The summed E-state index contributed by atoms with van der Waals surface area (Å²) < 4.78 is 0. The Morgan fingerprint density at radius 1 is 0.512 bits per heavy atom. The minimum absolute atomic E-state index is 0.129. The van der Waals surface area contributed by atoms with Crippen molar-refractivity contribution < 1.29 is 0 Å². The number of aryl methyl sites for hydroxylation is 2. The predicted molar refractivity (Wildman–Crippen MR) is 186 cm³/mol. The second kappa shape index (κ2) is 16.0. The van der Waals surface area contributed by atoms with Gasteiger partial charge in [0.2, 0.25) is 0 Å². The molecule has 0 fully saturated rings. The standard InChI is InChI=1S/C42H53N/c1-3-5-7-18-30-42(31-19-8-6-4-2)39-25-17-16-24-37(39)38-28-27-36(32-40(38)42)41-29-26-35(33-43-41)23-13-10-9-12-20-34-21-14-11-15-22-34/h11,14-17,21-22,24-29,32-33H,3-10,12-13,18-20,23,30-31H2,1-2H3. The lowest BCUT2D eigenvalue weighted by molar-refractivity contribution is 0.401. The molecule has 0 atom stereocenters. The third-order valence-electron chi connectivity index (χ3n) is 9.83. The van der Waals surface area contributed by atoms with Crippen LogP contribution in [0.3, 0.4) is 0 Å². The van der Waals surface area contributed by atoms with Gasteiger partial charge < -0.3 is 0 Å². The van der Waals surface area contributed by atoms with Crippen molar-refractivity contribution in [3.05, 3.63) is 113 Å². The number of unbranched alkanes of at least 4 members (excludes halogenated alkanes) is 9. The largest absolute Gasteiger partial charge is 0.256 e. The highest BCUT2D eigenvalue weighted by molar-refractivity contribution is 5.83. The Bertz CT molecular complexity index is 1370. The highest BCUT2D eigenvalue weighted by Crippen LogP contribution is 2.54. The van der Waals surface area contributed by atoms with E-state index in [0.29, 0.717) is 0 Å². The number of hydrogen-bond donors (Lipinski definition) is 0. The molecule has 0 amide bonds. The van der Waals surface area contributed by atoms with Crippen molar-refractivity contribution in [1.82, 2.24) is 4.98 Å². The number of hydrogen-bond acceptors (Lipinski definition) is 1. The van der Waals surface area contributed by atoms with Crippen molar-refractivity contribution in [2.75, 3.05) is 0 Å². The Morgan fingerprint density at radius 2 is 1.14 bits per heavy atom. The maximum atomic E-state index is 5.00. The number of rotatable bonds is 18. The molecule has 0 unspecified atom stereocenters. The molecule has 0 saturated carbocycles. The molecule has 43 heavy (non-hydrogen) atoms. The Labute approximate surface area is 262 Å². The van der Waals surface area contributed by atoms with E-state index in [-0.39, 0.29) is 5.41 Å². The fourth-order valence-electron chi connectivity index (χ4n) is 7.39. The number of fused-ring (bicyclic) bond motifs is 3. The van der Waals surface area contributed by atoms with E-state index < -0.39 is 0 Å². The van der Waals surface area contributed by atoms with Gasteiger partial charge in [-0.3, -0.25) is 4.98 Å². The van der Waals surface area contributed by atoms with E-state index in [1.807, 2.05) is 0 Å². The van der Waals surface area contributed by atoms with Crippen LogP contribution in [0, 0.1) is 0 Å². The van der Waals surface area contributed by atoms with Crippen molar-refractivity contribution >= 4 is 0 Å². The van der Waals surface area contributed by atoms with Crippen LogP contribution in [0.1, 0.15) is 126 Å². The summed E-state index contributed by atoms with van der Waals surface area (Å²) in [5.74, 6) is 0. The van der Waals surface area contributed by atoms with Gasteiger partial charge in [-0.15, -0.1) is 0 Å². The van der Waals surface area contributed by atoms with Crippen molar-refractivity contribution in [2.45, 2.75) is 122 Å². The highest BCUT2D eigenvalue weighted by Gasteiger charge is 2.42. The van der Waals surface area contributed by atoms with Crippen LogP contribution in [0.5, 0.6) is 0 Å². The van der Waals surface area contributed by atoms with Crippen LogP contribution in [0.15, 0.2) is 91.1 Å². The van der Waals surface area contributed by atoms with Crippen LogP contribution in [0.2, 0.25) is 0 Å². The maximum Gasteiger partial charge on any atom is 0.0702 e. The number of benzene rings is 3. The van der Waals surface area contributed by atoms with Gasteiger partial charge in [0.1, 0.15) is 0 Å². The summed E-state index contributed by atoms with van der Waals surface area (Å²) in [6.45, 7) is 4.64. The van der Waals surface area contributed by atoms with E-state index in [1.54, 1.807) is 11.1 Å². The quantitative estimate of drug-likeness (QED) is 0.108. The first-order valence-corrected chi connectivity index (χ1v) is 17.5. The Hall–Kier alpha value is -3.19. The molecule has 0 aliphatic heterocycles. The summed E-state index contributed by atoms with van der Waals surface area (Å²) in [5.41, 5.74) is 11.4. The summed E-state index contributed by atoms with van der Waals surface area (Å²) in [5, 5.41) is 0. The molecule has 1 heteroatoms. The third kappa shape index (κ3) is 7.86. The average Bonchev–Trinajstić information content (AvgIpc) is 3.33. The predicted octanol–water partition coefficient (Wildman–Crippen LogP) is 12.3. The van der Waals surface area contributed by atoms with E-state index >= 15 is 0 Å². The summed E-state index contributed by atoms with van der Waals surface area (Å²) >= 11 is 0. The van der Waals surface area contributed by atoms with Crippen molar-refractivity contribution in [3.8, 4) is 22.4 Å². The van der Waals surface area contributed by atoms with E-state index in [9.17, 15) is 0 Å². The zero-order chi connectivity index (χ0) is 29.7. The number of aromatic nitrogens is 1. The van der Waals surface area contributed by atoms with Gasteiger partial charge in [-0.25, -0.2) is 0 Å². The summed E-state index contributed by atoms with van der Waals surface area (Å²) in [6, 6.07) is 32.0. The Kier molecular flexibility index (Phi) is 11.7. The highest BCUT2D eigenvalue weighted by atomic mass is 14.7. The van der Waals surface area contributed by atoms with Crippen molar-refractivity contribution in [3.63, 3.8) is 0 Å².